The number of hydrogen-bond acceptors (Lipinski definition) is 4. The van der Waals surface area contributed by atoms with E-state index in [1.807, 2.05) is 78.9 Å². The summed E-state index contributed by atoms with van der Waals surface area (Å²) in [6.07, 6.45) is 0. The number of rotatable bonds is 7. The molecule has 0 bridgehead atoms. The molecule has 3 aromatic rings. The summed E-state index contributed by atoms with van der Waals surface area (Å²) in [7, 11) is 0. The van der Waals surface area contributed by atoms with E-state index >= 15 is 0 Å². The van der Waals surface area contributed by atoms with Gasteiger partial charge in [-0.15, -0.1) is 0 Å². The quantitative estimate of drug-likeness (QED) is 0.392. The molecule has 1 aliphatic rings. The lowest BCUT2D eigenvalue weighted by atomic mass is 10.0. The minimum absolute atomic E-state index is 0.305. The summed E-state index contributed by atoms with van der Waals surface area (Å²) in [6.45, 7) is 8.51. The van der Waals surface area contributed by atoms with Crippen molar-refractivity contribution in [2.75, 3.05) is 10.2 Å². The highest BCUT2D eigenvalue weighted by Gasteiger charge is 2.40. The molecule has 168 valence electrons. The third-order valence-corrected chi connectivity index (χ3v) is 6.76. The molecule has 0 saturated heterocycles. The van der Waals surface area contributed by atoms with Crippen LogP contribution in [-0.4, -0.2) is 11.8 Å². The summed E-state index contributed by atoms with van der Waals surface area (Å²) >= 11 is 1.31. The summed E-state index contributed by atoms with van der Waals surface area (Å²) in [5, 5.41) is 3.23. The Morgan fingerprint density at radius 2 is 1.24 bits per heavy atom. The van der Waals surface area contributed by atoms with Gasteiger partial charge in [-0.05, 0) is 59.4 Å². The lowest BCUT2D eigenvalue weighted by Gasteiger charge is -2.16. The summed E-state index contributed by atoms with van der Waals surface area (Å²) < 4.78 is 0. The molecular formula is C28H28N2O2S. The van der Waals surface area contributed by atoms with Gasteiger partial charge in [-0.25, -0.2) is 4.90 Å². The van der Waals surface area contributed by atoms with Crippen molar-refractivity contribution < 1.29 is 9.59 Å². The number of nitrogens with one attached hydrogen (secondary N) is 1. The van der Waals surface area contributed by atoms with Crippen LogP contribution >= 0.6 is 11.8 Å². The van der Waals surface area contributed by atoms with Gasteiger partial charge in [-0.1, -0.05) is 81.9 Å². The highest BCUT2D eigenvalue weighted by molar-refractivity contribution is 8.04. The van der Waals surface area contributed by atoms with Crippen LogP contribution in [0, 0.1) is 0 Å². The molecule has 1 aliphatic heterocycles. The van der Waals surface area contributed by atoms with Crippen LogP contribution in [0.5, 0.6) is 0 Å². The van der Waals surface area contributed by atoms with Gasteiger partial charge >= 0.3 is 0 Å². The second-order valence-corrected chi connectivity index (χ2v) is 9.80. The molecule has 2 amide bonds. The third-order valence-electron chi connectivity index (χ3n) is 5.67. The Bertz CT molecular complexity index is 1180. The zero-order chi connectivity index (χ0) is 23.5. The zero-order valence-electron chi connectivity index (χ0n) is 19.3. The number of carbonyl (C=O) groups excluding carboxylic acids is 2. The monoisotopic (exact) mass is 456 g/mol. The molecule has 33 heavy (non-hydrogen) atoms. The number of nitrogens with zero attached hydrogens (tertiary/aromatic N) is 1. The highest BCUT2D eigenvalue weighted by Crippen LogP contribution is 2.38. The van der Waals surface area contributed by atoms with Crippen LogP contribution in [0.2, 0.25) is 0 Å². The SMILES string of the molecule is CC(C)c1ccc(NC2=C(Sc3ccccc3)C(=O)N(c3ccc(C(C)C)cc3)C2=O)cc1. The van der Waals surface area contributed by atoms with Crippen molar-refractivity contribution >= 4 is 35.0 Å². The molecule has 0 fully saturated rings. The predicted octanol–water partition coefficient (Wildman–Crippen LogP) is 6.92. The molecule has 1 heterocycles. The van der Waals surface area contributed by atoms with Crippen LogP contribution in [0.3, 0.4) is 0 Å². The van der Waals surface area contributed by atoms with Crippen LogP contribution in [0.1, 0.15) is 50.7 Å². The average molecular weight is 457 g/mol. The van der Waals surface area contributed by atoms with Crippen molar-refractivity contribution in [3.8, 4) is 0 Å². The molecule has 5 heteroatoms. The molecule has 4 nitrogen and oxygen atoms in total. The number of imide groups is 1. The maximum atomic E-state index is 13.5. The molecule has 0 radical (unpaired) electrons. The van der Waals surface area contributed by atoms with Gasteiger partial charge in [-0.2, -0.15) is 0 Å². The Morgan fingerprint density at radius 1 is 0.697 bits per heavy atom. The smallest absolute Gasteiger partial charge is 0.283 e. The molecule has 4 rings (SSSR count). The molecular weight excluding hydrogens is 428 g/mol. The summed E-state index contributed by atoms with van der Waals surface area (Å²) in [5.74, 6) is 0.134. The summed E-state index contributed by atoms with van der Waals surface area (Å²) in [6, 6.07) is 25.3. The number of benzene rings is 3. The van der Waals surface area contributed by atoms with Gasteiger partial charge in [0, 0.05) is 10.6 Å². The van der Waals surface area contributed by atoms with Crippen molar-refractivity contribution in [1.29, 1.82) is 0 Å². The van der Waals surface area contributed by atoms with Gasteiger partial charge in [0.05, 0.1) is 5.69 Å². The Balaban J connectivity index is 1.69. The van der Waals surface area contributed by atoms with Crippen LogP contribution in [-0.2, 0) is 9.59 Å². The van der Waals surface area contributed by atoms with Gasteiger partial charge in [0.2, 0.25) is 0 Å². The lowest BCUT2D eigenvalue weighted by Crippen LogP contribution is -2.32. The minimum Gasteiger partial charge on any atom is -0.350 e. The van der Waals surface area contributed by atoms with Gasteiger partial charge in [0.15, 0.2) is 0 Å². The van der Waals surface area contributed by atoms with Crippen LogP contribution in [0.4, 0.5) is 11.4 Å². The Hall–Kier alpha value is -3.31. The van der Waals surface area contributed by atoms with Crippen molar-refractivity contribution in [3.63, 3.8) is 0 Å². The second kappa shape index (κ2) is 9.67. The van der Waals surface area contributed by atoms with E-state index in [1.54, 1.807) is 0 Å². The van der Waals surface area contributed by atoms with Crippen molar-refractivity contribution in [1.82, 2.24) is 0 Å². The minimum atomic E-state index is -0.344. The van der Waals surface area contributed by atoms with E-state index in [0.29, 0.717) is 28.1 Å². The van der Waals surface area contributed by atoms with Crippen LogP contribution in [0.25, 0.3) is 0 Å². The summed E-state index contributed by atoms with van der Waals surface area (Å²) in [4.78, 5) is 29.5. The first-order valence-corrected chi connectivity index (χ1v) is 12.0. The number of amides is 2. The van der Waals surface area contributed by atoms with Gasteiger partial charge in [0.25, 0.3) is 11.8 Å². The first-order valence-electron chi connectivity index (χ1n) is 11.2. The molecule has 1 N–H and O–H groups in total. The Kier molecular flexibility index (Phi) is 6.70. The largest absolute Gasteiger partial charge is 0.350 e. The number of anilines is 2. The van der Waals surface area contributed by atoms with Gasteiger partial charge < -0.3 is 5.32 Å². The summed E-state index contributed by atoms with van der Waals surface area (Å²) in [5.41, 5.74) is 4.03. The van der Waals surface area contributed by atoms with E-state index in [1.165, 1.54) is 22.2 Å². The Labute approximate surface area is 199 Å². The molecule has 0 aromatic heterocycles. The fraction of sp³-hybridized carbons (Fsp3) is 0.214. The lowest BCUT2D eigenvalue weighted by molar-refractivity contribution is -0.120. The van der Waals surface area contributed by atoms with E-state index in [-0.39, 0.29) is 11.8 Å². The Morgan fingerprint density at radius 3 is 1.79 bits per heavy atom. The maximum Gasteiger partial charge on any atom is 0.283 e. The number of thioether (sulfide) groups is 1. The highest BCUT2D eigenvalue weighted by atomic mass is 32.2. The van der Waals surface area contributed by atoms with E-state index < -0.39 is 0 Å². The number of carbonyl (C=O) groups is 2. The fourth-order valence-electron chi connectivity index (χ4n) is 3.66. The molecule has 0 atom stereocenters. The average Bonchev–Trinajstić information content (AvgIpc) is 3.04. The predicted molar refractivity (Wildman–Crippen MR) is 137 cm³/mol. The maximum absolute atomic E-state index is 13.5. The van der Waals surface area contributed by atoms with E-state index in [4.69, 9.17) is 0 Å². The van der Waals surface area contributed by atoms with E-state index in [0.717, 1.165) is 16.1 Å². The molecule has 0 aliphatic carbocycles. The van der Waals surface area contributed by atoms with Gasteiger partial charge in [0.1, 0.15) is 10.6 Å². The fourth-order valence-corrected chi connectivity index (χ4v) is 4.61. The topological polar surface area (TPSA) is 49.4 Å². The molecule has 0 saturated carbocycles. The first-order chi connectivity index (χ1) is 15.8. The van der Waals surface area contributed by atoms with E-state index in [9.17, 15) is 9.59 Å². The standard InChI is InChI=1S/C28H28N2O2S/c1-18(2)20-10-14-22(15-11-20)29-25-26(33-24-8-6-5-7-9-24)28(32)30(27(25)31)23-16-12-21(13-17-23)19(3)4/h5-19,29H,1-4H3. The van der Waals surface area contributed by atoms with Crippen LogP contribution in [0.15, 0.2) is 94.4 Å². The molecule has 0 spiro atoms. The normalized spacial score (nSPS) is 14.1. The second-order valence-electron chi connectivity index (χ2n) is 8.71. The number of hydrogen-bond donors (Lipinski definition) is 1. The third kappa shape index (κ3) is 4.88. The van der Waals surface area contributed by atoms with E-state index in [2.05, 4.69) is 33.0 Å². The van der Waals surface area contributed by atoms with Gasteiger partial charge in [-0.3, -0.25) is 9.59 Å². The molecule has 3 aromatic carbocycles. The van der Waals surface area contributed by atoms with Crippen molar-refractivity contribution in [2.24, 2.45) is 0 Å². The first kappa shape index (κ1) is 22.9. The van der Waals surface area contributed by atoms with Crippen molar-refractivity contribution in [2.45, 2.75) is 44.4 Å². The zero-order valence-corrected chi connectivity index (χ0v) is 20.1. The van der Waals surface area contributed by atoms with Crippen molar-refractivity contribution in [3.05, 3.63) is 101 Å². The molecule has 0 unspecified atom stereocenters. The van der Waals surface area contributed by atoms with Crippen LogP contribution < -0.4 is 10.2 Å².